The lowest BCUT2D eigenvalue weighted by Gasteiger charge is -2.06. The van der Waals surface area contributed by atoms with E-state index >= 15 is 0 Å². The van der Waals surface area contributed by atoms with Crippen LogP contribution in [0.2, 0.25) is 0 Å². The van der Waals surface area contributed by atoms with E-state index in [0.717, 1.165) is 0 Å². The minimum absolute atomic E-state index is 0.0510. The number of ether oxygens (including phenoxy) is 1. The normalized spacial score (nSPS) is 10.9. The summed E-state index contributed by atoms with van der Waals surface area (Å²) in [5.41, 5.74) is 1.12. The van der Waals surface area contributed by atoms with Gasteiger partial charge in [-0.1, -0.05) is 6.07 Å². The Hall–Kier alpha value is -1.56. The van der Waals surface area contributed by atoms with E-state index < -0.39 is 15.8 Å². The summed E-state index contributed by atoms with van der Waals surface area (Å²) in [4.78, 5) is 11.3. The standard InChI is InChI=1S/C11H15NO4S/c1-16-11(13)9-4-3-5-10(8-9)12-6-7-17(2,14)15/h3-5,8,12H,6-7H2,1-2H3. The molecule has 0 aromatic heterocycles. The van der Waals surface area contributed by atoms with Crippen LogP contribution >= 0.6 is 0 Å². The molecule has 1 rings (SSSR count). The van der Waals surface area contributed by atoms with Crippen molar-refractivity contribution in [2.75, 3.05) is 31.0 Å². The van der Waals surface area contributed by atoms with Crippen LogP contribution in [0, 0.1) is 0 Å². The van der Waals surface area contributed by atoms with E-state index in [1.54, 1.807) is 24.3 Å². The molecule has 17 heavy (non-hydrogen) atoms. The van der Waals surface area contributed by atoms with Crippen LogP contribution in [0.5, 0.6) is 0 Å². The molecule has 0 spiro atoms. The average Bonchev–Trinajstić information content (AvgIpc) is 2.27. The van der Waals surface area contributed by atoms with Crippen molar-refractivity contribution in [2.24, 2.45) is 0 Å². The third-order valence-electron chi connectivity index (χ3n) is 2.09. The average molecular weight is 257 g/mol. The minimum Gasteiger partial charge on any atom is -0.465 e. The van der Waals surface area contributed by atoms with Crippen molar-refractivity contribution in [1.29, 1.82) is 0 Å². The summed E-state index contributed by atoms with van der Waals surface area (Å²) in [5.74, 6) is -0.369. The Bertz CT molecular complexity index is 496. The van der Waals surface area contributed by atoms with Gasteiger partial charge < -0.3 is 10.1 Å². The number of nitrogens with one attached hydrogen (secondary N) is 1. The zero-order chi connectivity index (χ0) is 12.9. The Labute approximate surface area is 101 Å². The first kappa shape index (κ1) is 13.5. The Kier molecular flexibility index (Phi) is 4.51. The lowest BCUT2D eigenvalue weighted by Crippen LogP contribution is -2.14. The number of sulfone groups is 1. The van der Waals surface area contributed by atoms with Gasteiger partial charge in [0.05, 0.1) is 18.4 Å². The van der Waals surface area contributed by atoms with E-state index in [1.165, 1.54) is 13.4 Å². The molecule has 94 valence electrons. The number of hydrogen-bond donors (Lipinski definition) is 1. The van der Waals surface area contributed by atoms with Crippen LogP contribution in [0.25, 0.3) is 0 Å². The van der Waals surface area contributed by atoms with E-state index in [1.807, 2.05) is 0 Å². The van der Waals surface area contributed by atoms with Gasteiger partial charge in [0.25, 0.3) is 0 Å². The van der Waals surface area contributed by atoms with Gasteiger partial charge in [0.1, 0.15) is 9.84 Å². The van der Waals surface area contributed by atoms with Crippen molar-refractivity contribution in [3.05, 3.63) is 29.8 Å². The molecule has 0 fully saturated rings. The highest BCUT2D eigenvalue weighted by Gasteiger charge is 2.06. The molecule has 1 aromatic rings. The van der Waals surface area contributed by atoms with Gasteiger partial charge in [-0.3, -0.25) is 0 Å². The van der Waals surface area contributed by atoms with Gasteiger partial charge >= 0.3 is 5.97 Å². The van der Waals surface area contributed by atoms with Crippen LogP contribution in [0.1, 0.15) is 10.4 Å². The van der Waals surface area contributed by atoms with Crippen molar-refractivity contribution < 1.29 is 17.9 Å². The molecule has 1 N–H and O–H groups in total. The number of carbonyl (C=O) groups excluding carboxylic acids is 1. The largest absolute Gasteiger partial charge is 0.465 e. The van der Waals surface area contributed by atoms with Gasteiger partial charge in [0.15, 0.2) is 0 Å². The number of esters is 1. The van der Waals surface area contributed by atoms with E-state index in [0.29, 0.717) is 17.8 Å². The maximum absolute atomic E-state index is 11.3. The van der Waals surface area contributed by atoms with Crippen LogP contribution in [-0.2, 0) is 14.6 Å². The Morgan fingerprint density at radius 1 is 1.41 bits per heavy atom. The predicted octanol–water partition coefficient (Wildman–Crippen LogP) is 0.930. The third kappa shape index (κ3) is 4.86. The molecule has 0 saturated carbocycles. The highest BCUT2D eigenvalue weighted by atomic mass is 32.2. The van der Waals surface area contributed by atoms with Crippen molar-refractivity contribution in [3.8, 4) is 0 Å². The predicted molar refractivity (Wildman–Crippen MR) is 66.0 cm³/mol. The number of carbonyl (C=O) groups is 1. The number of rotatable bonds is 5. The maximum Gasteiger partial charge on any atom is 0.337 e. The first-order chi connectivity index (χ1) is 7.92. The third-order valence-corrected chi connectivity index (χ3v) is 3.03. The van der Waals surface area contributed by atoms with Gasteiger partial charge in [-0.25, -0.2) is 13.2 Å². The Balaban J connectivity index is 2.63. The highest BCUT2D eigenvalue weighted by molar-refractivity contribution is 7.90. The molecule has 0 aliphatic rings. The van der Waals surface area contributed by atoms with Crippen LogP contribution in [0.4, 0.5) is 5.69 Å². The summed E-state index contributed by atoms with van der Waals surface area (Å²) >= 11 is 0. The smallest absolute Gasteiger partial charge is 0.337 e. The molecule has 0 saturated heterocycles. The maximum atomic E-state index is 11.3. The van der Waals surface area contributed by atoms with Gasteiger partial charge in [-0.2, -0.15) is 0 Å². The number of hydrogen-bond acceptors (Lipinski definition) is 5. The Morgan fingerprint density at radius 2 is 2.12 bits per heavy atom. The molecule has 0 amide bonds. The molecule has 6 heteroatoms. The fraction of sp³-hybridized carbons (Fsp3) is 0.364. The zero-order valence-corrected chi connectivity index (χ0v) is 10.6. The lowest BCUT2D eigenvalue weighted by atomic mass is 10.2. The van der Waals surface area contributed by atoms with Gasteiger partial charge in [-0.05, 0) is 18.2 Å². The van der Waals surface area contributed by atoms with Crippen molar-refractivity contribution in [1.82, 2.24) is 0 Å². The van der Waals surface area contributed by atoms with Crippen LogP contribution < -0.4 is 5.32 Å². The van der Waals surface area contributed by atoms with Gasteiger partial charge in [-0.15, -0.1) is 0 Å². The van der Waals surface area contributed by atoms with Crippen LogP contribution in [0.3, 0.4) is 0 Å². The summed E-state index contributed by atoms with van der Waals surface area (Å²) in [7, 11) is -1.67. The summed E-state index contributed by atoms with van der Waals surface area (Å²) in [5, 5.41) is 2.93. The van der Waals surface area contributed by atoms with Crippen LogP contribution in [-0.4, -0.2) is 40.1 Å². The molecule has 0 aliphatic heterocycles. The van der Waals surface area contributed by atoms with Crippen molar-refractivity contribution in [2.45, 2.75) is 0 Å². The van der Waals surface area contributed by atoms with E-state index in [4.69, 9.17) is 0 Å². The summed E-state index contributed by atoms with van der Waals surface area (Å²) in [6.45, 7) is 0.309. The van der Waals surface area contributed by atoms with Crippen LogP contribution in [0.15, 0.2) is 24.3 Å². The number of methoxy groups -OCH3 is 1. The van der Waals surface area contributed by atoms with E-state index in [2.05, 4.69) is 10.1 Å². The monoisotopic (exact) mass is 257 g/mol. The zero-order valence-electron chi connectivity index (χ0n) is 9.76. The summed E-state index contributed by atoms with van der Waals surface area (Å²) < 4.78 is 26.4. The molecule has 0 radical (unpaired) electrons. The second-order valence-electron chi connectivity index (χ2n) is 3.63. The fourth-order valence-corrected chi connectivity index (χ4v) is 1.73. The quantitative estimate of drug-likeness (QED) is 0.794. The molecule has 1 aromatic carbocycles. The topological polar surface area (TPSA) is 72.5 Å². The minimum atomic E-state index is -2.98. The fourth-order valence-electron chi connectivity index (χ4n) is 1.25. The molecule has 0 aliphatic carbocycles. The second kappa shape index (κ2) is 5.67. The van der Waals surface area contributed by atoms with Gasteiger partial charge in [0.2, 0.25) is 0 Å². The van der Waals surface area contributed by atoms with E-state index in [-0.39, 0.29) is 5.75 Å². The summed E-state index contributed by atoms with van der Waals surface area (Å²) in [6.07, 6.45) is 1.18. The molecule has 0 bridgehead atoms. The molecule has 0 heterocycles. The van der Waals surface area contributed by atoms with Crippen molar-refractivity contribution >= 4 is 21.5 Å². The molecule has 0 atom stereocenters. The number of benzene rings is 1. The second-order valence-corrected chi connectivity index (χ2v) is 5.89. The molecule has 5 nitrogen and oxygen atoms in total. The molecular weight excluding hydrogens is 242 g/mol. The van der Waals surface area contributed by atoms with Gasteiger partial charge in [0, 0.05) is 18.5 Å². The highest BCUT2D eigenvalue weighted by Crippen LogP contribution is 2.11. The molecule has 0 unspecified atom stereocenters. The Morgan fingerprint density at radius 3 is 2.71 bits per heavy atom. The summed E-state index contributed by atoms with van der Waals surface area (Å²) in [6, 6.07) is 6.71. The van der Waals surface area contributed by atoms with E-state index in [9.17, 15) is 13.2 Å². The SMILES string of the molecule is COC(=O)c1cccc(NCCS(C)(=O)=O)c1. The first-order valence-electron chi connectivity index (χ1n) is 5.02. The van der Waals surface area contributed by atoms with Crippen molar-refractivity contribution in [3.63, 3.8) is 0 Å². The number of anilines is 1. The lowest BCUT2D eigenvalue weighted by molar-refractivity contribution is 0.0601. The first-order valence-corrected chi connectivity index (χ1v) is 7.08. The molecular formula is C11H15NO4S.